The summed E-state index contributed by atoms with van der Waals surface area (Å²) in [6, 6.07) is 11.4. The molecule has 0 radical (unpaired) electrons. The lowest BCUT2D eigenvalue weighted by atomic mass is 9.74. The van der Waals surface area contributed by atoms with E-state index in [1.165, 1.54) is 16.7 Å². The van der Waals surface area contributed by atoms with Gasteiger partial charge >= 0.3 is 0 Å². The normalized spacial score (nSPS) is 24.2. The summed E-state index contributed by atoms with van der Waals surface area (Å²) in [4.78, 5) is 11.2. The van der Waals surface area contributed by atoms with E-state index in [4.69, 9.17) is 0 Å². The molecular formula is C20H20N2O2. The van der Waals surface area contributed by atoms with E-state index in [0.29, 0.717) is 11.8 Å². The van der Waals surface area contributed by atoms with Gasteiger partial charge in [-0.05, 0) is 42.9 Å². The average Bonchev–Trinajstić information content (AvgIpc) is 3.06. The fraction of sp³-hybridized carbons (Fsp3) is 0.300. The summed E-state index contributed by atoms with van der Waals surface area (Å²) in [7, 11) is 0. The highest BCUT2D eigenvalue weighted by atomic mass is 16.6. The minimum atomic E-state index is -0.271. The Balaban J connectivity index is 1.88. The number of nitro benzene ring substituents is 1. The number of nitro groups is 1. The minimum absolute atomic E-state index is 0.0420. The van der Waals surface area contributed by atoms with Crippen LogP contribution in [0.1, 0.15) is 40.6 Å². The summed E-state index contributed by atoms with van der Waals surface area (Å²) in [6.07, 6.45) is 5.44. The van der Waals surface area contributed by atoms with Crippen LogP contribution < -0.4 is 5.32 Å². The van der Waals surface area contributed by atoms with E-state index in [0.717, 1.165) is 17.7 Å². The molecule has 4 nitrogen and oxygen atoms in total. The zero-order valence-corrected chi connectivity index (χ0v) is 13.8. The molecule has 1 N–H and O–H groups in total. The second-order valence-corrected chi connectivity index (χ2v) is 6.78. The molecule has 2 aromatic rings. The molecular weight excluding hydrogens is 300 g/mol. The molecule has 4 rings (SSSR count). The average molecular weight is 320 g/mol. The first-order valence-corrected chi connectivity index (χ1v) is 8.34. The van der Waals surface area contributed by atoms with Crippen molar-refractivity contribution >= 4 is 11.4 Å². The molecule has 4 heteroatoms. The summed E-state index contributed by atoms with van der Waals surface area (Å²) in [5, 5.41) is 15.1. The SMILES string of the molecule is Cc1ccc(C)c2c1N[C@H](c1ccccc1[N+](=O)[O-])[C@@H]1CC=C[C@@H]21. The minimum Gasteiger partial charge on any atom is -0.377 e. The molecule has 0 spiro atoms. The zero-order chi connectivity index (χ0) is 16.8. The highest BCUT2D eigenvalue weighted by molar-refractivity contribution is 5.67. The quantitative estimate of drug-likeness (QED) is 0.479. The van der Waals surface area contributed by atoms with Crippen molar-refractivity contribution in [2.75, 3.05) is 5.32 Å². The molecule has 122 valence electrons. The topological polar surface area (TPSA) is 55.2 Å². The van der Waals surface area contributed by atoms with Crippen LogP contribution in [-0.2, 0) is 0 Å². The van der Waals surface area contributed by atoms with Gasteiger partial charge in [0.15, 0.2) is 0 Å². The van der Waals surface area contributed by atoms with Crippen molar-refractivity contribution < 1.29 is 4.92 Å². The van der Waals surface area contributed by atoms with Gasteiger partial charge in [0.25, 0.3) is 5.69 Å². The molecule has 0 unspecified atom stereocenters. The van der Waals surface area contributed by atoms with E-state index in [9.17, 15) is 10.1 Å². The Labute approximate surface area is 141 Å². The Morgan fingerprint density at radius 3 is 2.67 bits per heavy atom. The van der Waals surface area contributed by atoms with E-state index in [2.05, 4.69) is 43.4 Å². The lowest BCUT2D eigenvalue weighted by Gasteiger charge is -2.39. The molecule has 0 saturated heterocycles. The lowest BCUT2D eigenvalue weighted by molar-refractivity contribution is -0.385. The van der Waals surface area contributed by atoms with Gasteiger partial charge in [0.05, 0.1) is 16.5 Å². The van der Waals surface area contributed by atoms with Crippen molar-refractivity contribution in [3.05, 3.63) is 80.9 Å². The van der Waals surface area contributed by atoms with Crippen LogP contribution >= 0.6 is 0 Å². The third-order valence-electron chi connectivity index (χ3n) is 5.41. The van der Waals surface area contributed by atoms with Crippen LogP contribution in [0.3, 0.4) is 0 Å². The van der Waals surface area contributed by atoms with Crippen LogP contribution in [0.25, 0.3) is 0 Å². The third-order valence-corrected chi connectivity index (χ3v) is 5.41. The molecule has 1 heterocycles. The number of para-hydroxylation sites is 1. The molecule has 0 saturated carbocycles. The smallest absolute Gasteiger partial charge is 0.274 e. The second-order valence-electron chi connectivity index (χ2n) is 6.78. The van der Waals surface area contributed by atoms with E-state index >= 15 is 0 Å². The lowest BCUT2D eigenvalue weighted by Crippen LogP contribution is -2.30. The van der Waals surface area contributed by atoms with E-state index in [1.54, 1.807) is 12.1 Å². The Hall–Kier alpha value is -2.62. The highest BCUT2D eigenvalue weighted by Crippen LogP contribution is 2.52. The Kier molecular flexibility index (Phi) is 3.41. The summed E-state index contributed by atoms with van der Waals surface area (Å²) in [6.45, 7) is 4.25. The second kappa shape index (κ2) is 5.48. The first-order valence-electron chi connectivity index (χ1n) is 8.34. The van der Waals surface area contributed by atoms with Gasteiger partial charge in [0, 0.05) is 17.7 Å². The van der Waals surface area contributed by atoms with E-state index in [1.807, 2.05) is 12.1 Å². The van der Waals surface area contributed by atoms with Crippen LogP contribution in [0.5, 0.6) is 0 Å². The number of anilines is 1. The molecule has 0 amide bonds. The molecule has 3 atom stereocenters. The van der Waals surface area contributed by atoms with E-state index in [-0.39, 0.29) is 16.7 Å². The zero-order valence-electron chi connectivity index (χ0n) is 13.8. The van der Waals surface area contributed by atoms with Crippen molar-refractivity contribution in [2.24, 2.45) is 5.92 Å². The van der Waals surface area contributed by atoms with Gasteiger partial charge in [-0.3, -0.25) is 10.1 Å². The molecule has 1 aliphatic carbocycles. The fourth-order valence-corrected chi connectivity index (χ4v) is 4.27. The number of rotatable bonds is 2. The highest BCUT2D eigenvalue weighted by Gasteiger charge is 2.41. The summed E-state index contributed by atoms with van der Waals surface area (Å²) in [5.41, 5.74) is 5.96. The van der Waals surface area contributed by atoms with Gasteiger partial charge in [-0.2, -0.15) is 0 Å². The molecule has 24 heavy (non-hydrogen) atoms. The Morgan fingerprint density at radius 2 is 1.88 bits per heavy atom. The monoisotopic (exact) mass is 320 g/mol. The molecule has 0 aromatic heterocycles. The van der Waals surface area contributed by atoms with Gasteiger partial charge in [-0.25, -0.2) is 0 Å². The molecule has 1 aliphatic heterocycles. The maximum atomic E-state index is 11.5. The standard InChI is InChI=1S/C20H20N2O2/c1-12-10-11-13(2)19-18(12)14-7-5-8-15(14)20(21-19)16-6-3-4-9-17(16)22(23)24/h3-7,9-11,14-15,20-21H,8H2,1-2H3/t14-,15-,20+/m1/s1. The van der Waals surface area contributed by atoms with Crippen molar-refractivity contribution in [1.82, 2.24) is 0 Å². The van der Waals surface area contributed by atoms with Gasteiger partial charge < -0.3 is 5.32 Å². The number of allylic oxidation sites excluding steroid dienone is 2. The van der Waals surface area contributed by atoms with Gasteiger partial charge in [-0.1, -0.05) is 42.5 Å². The van der Waals surface area contributed by atoms with Gasteiger partial charge in [0.2, 0.25) is 0 Å². The summed E-state index contributed by atoms with van der Waals surface area (Å²) < 4.78 is 0. The molecule has 0 fully saturated rings. The molecule has 2 aliphatic rings. The largest absolute Gasteiger partial charge is 0.377 e. The molecule has 0 bridgehead atoms. The fourth-order valence-electron chi connectivity index (χ4n) is 4.27. The third kappa shape index (κ3) is 2.13. The van der Waals surface area contributed by atoms with Gasteiger partial charge in [0.1, 0.15) is 0 Å². The number of aryl methyl sites for hydroxylation is 2. The summed E-state index contributed by atoms with van der Waals surface area (Å²) >= 11 is 0. The number of nitrogens with one attached hydrogen (secondary N) is 1. The van der Waals surface area contributed by atoms with Crippen LogP contribution in [0, 0.1) is 29.9 Å². The van der Waals surface area contributed by atoms with E-state index < -0.39 is 0 Å². The summed E-state index contributed by atoms with van der Waals surface area (Å²) in [5.74, 6) is 0.644. The number of fused-ring (bicyclic) bond motifs is 3. The van der Waals surface area contributed by atoms with Crippen LogP contribution in [0.2, 0.25) is 0 Å². The number of hydrogen-bond acceptors (Lipinski definition) is 3. The Morgan fingerprint density at radius 1 is 1.12 bits per heavy atom. The van der Waals surface area contributed by atoms with Crippen LogP contribution in [0.4, 0.5) is 11.4 Å². The number of hydrogen-bond donors (Lipinski definition) is 1. The predicted octanol–water partition coefficient (Wildman–Crippen LogP) is 5.04. The predicted molar refractivity (Wildman–Crippen MR) is 95.4 cm³/mol. The number of benzene rings is 2. The van der Waals surface area contributed by atoms with Crippen LogP contribution in [-0.4, -0.2) is 4.92 Å². The maximum Gasteiger partial charge on any atom is 0.274 e. The van der Waals surface area contributed by atoms with Crippen molar-refractivity contribution in [2.45, 2.75) is 32.2 Å². The van der Waals surface area contributed by atoms with Crippen molar-refractivity contribution in [3.8, 4) is 0 Å². The number of nitrogens with zero attached hydrogens (tertiary/aromatic N) is 1. The first-order chi connectivity index (χ1) is 11.6. The first kappa shape index (κ1) is 14.9. The van der Waals surface area contributed by atoms with Crippen molar-refractivity contribution in [1.29, 1.82) is 0 Å². The van der Waals surface area contributed by atoms with Crippen LogP contribution in [0.15, 0.2) is 48.6 Å². The van der Waals surface area contributed by atoms with Crippen molar-refractivity contribution in [3.63, 3.8) is 0 Å². The van der Waals surface area contributed by atoms with Gasteiger partial charge in [-0.15, -0.1) is 0 Å². The maximum absolute atomic E-state index is 11.5. The molecule has 2 aromatic carbocycles. The Bertz CT molecular complexity index is 857.